The highest BCUT2D eigenvalue weighted by molar-refractivity contribution is 7.16. The zero-order valence-electron chi connectivity index (χ0n) is 14.0. The van der Waals surface area contributed by atoms with Crippen LogP contribution in [-0.4, -0.2) is 32.7 Å². The number of amides is 1. The average Bonchev–Trinajstić information content (AvgIpc) is 2.94. The lowest BCUT2D eigenvalue weighted by molar-refractivity contribution is 0.0528. The molecule has 1 amide bonds. The number of methoxy groups -OCH3 is 2. The van der Waals surface area contributed by atoms with E-state index in [9.17, 15) is 9.59 Å². The second-order valence-electron chi connectivity index (χ2n) is 4.84. The molecule has 0 bridgehead atoms. The quantitative estimate of drug-likeness (QED) is 0.808. The van der Waals surface area contributed by atoms with Gasteiger partial charge in [0.05, 0.1) is 26.4 Å². The predicted molar refractivity (Wildman–Crippen MR) is 92.5 cm³/mol. The number of esters is 1. The molecule has 0 saturated carbocycles. The van der Waals surface area contributed by atoms with Crippen LogP contribution in [0.5, 0.6) is 11.5 Å². The van der Waals surface area contributed by atoms with Gasteiger partial charge in [0.15, 0.2) is 11.5 Å². The predicted octanol–water partition coefficient (Wildman–Crippen LogP) is 3.50. The minimum atomic E-state index is -0.454. The molecule has 0 radical (unpaired) electrons. The molecule has 128 valence electrons. The SMILES string of the molecule is CCOC(=O)c1cc(C)sc1NC(=O)c1ccc(OC)c(OC)c1. The summed E-state index contributed by atoms with van der Waals surface area (Å²) in [6, 6.07) is 6.56. The number of hydrogen-bond donors (Lipinski definition) is 1. The van der Waals surface area contributed by atoms with Gasteiger partial charge in [0.25, 0.3) is 5.91 Å². The van der Waals surface area contributed by atoms with Crippen LogP contribution in [0.3, 0.4) is 0 Å². The average molecular weight is 349 g/mol. The van der Waals surface area contributed by atoms with Crippen LogP contribution in [0.4, 0.5) is 5.00 Å². The highest BCUT2D eigenvalue weighted by Crippen LogP contribution is 2.31. The zero-order chi connectivity index (χ0) is 17.7. The Hall–Kier alpha value is -2.54. The van der Waals surface area contributed by atoms with Gasteiger partial charge >= 0.3 is 5.97 Å². The van der Waals surface area contributed by atoms with E-state index in [0.29, 0.717) is 27.6 Å². The molecule has 0 aliphatic carbocycles. The molecule has 0 saturated heterocycles. The third kappa shape index (κ3) is 3.86. The summed E-state index contributed by atoms with van der Waals surface area (Å²) < 4.78 is 15.4. The van der Waals surface area contributed by atoms with E-state index in [1.807, 2.05) is 6.92 Å². The Morgan fingerprint density at radius 1 is 1.12 bits per heavy atom. The first-order chi connectivity index (χ1) is 11.5. The van der Waals surface area contributed by atoms with Crippen molar-refractivity contribution < 1.29 is 23.8 Å². The fourth-order valence-electron chi connectivity index (χ4n) is 2.12. The molecule has 0 atom stereocenters. The van der Waals surface area contributed by atoms with Crippen molar-refractivity contribution in [2.75, 3.05) is 26.1 Å². The van der Waals surface area contributed by atoms with Crippen LogP contribution in [0.15, 0.2) is 24.3 Å². The Bertz CT molecular complexity index is 753. The lowest BCUT2D eigenvalue weighted by atomic mass is 10.2. The van der Waals surface area contributed by atoms with Crippen molar-refractivity contribution in [3.05, 3.63) is 40.3 Å². The fourth-order valence-corrected chi connectivity index (χ4v) is 3.01. The molecule has 0 aliphatic heterocycles. The van der Waals surface area contributed by atoms with Gasteiger partial charge < -0.3 is 19.5 Å². The van der Waals surface area contributed by atoms with Crippen LogP contribution in [0, 0.1) is 6.92 Å². The number of rotatable bonds is 6. The maximum absolute atomic E-state index is 12.5. The van der Waals surface area contributed by atoms with Crippen molar-refractivity contribution in [3.8, 4) is 11.5 Å². The van der Waals surface area contributed by atoms with Gasteiger partial charge in [-0.25, -0.2) is 4.79 Å². The first kappa shape index (κ1) is 17.8. The Balaban J connectivity index is 2.25. The maximum atomic E-state index is 12.5. The minimum Gasteiger partial charge on any atom is -0.493 e. The number of anilines is 1. The van der Waals surface area contributed by atoms with Gasteiger partial charge in [0.2, 0.25) is 0 Å². The van der Waals surface area contributed by atoms with E-state index in [1.54, 1.807) is 31.2 Å². The van der Waals surface area contributed by atoms with Crippen molar-refractivity contribution in [1.82, 2.24) is 0 Å². The zero-order valence-corrected chi connectivity index (χ0v) is 14.8. The van der Waals surface area contributed by atoms with E-state index < -0.39 is 5.97 Å². The van der Waals surface area contributed by atoms with E-state index in [1.165, 1.54) is 25.6 Å². The molecular formula is C17H19NO5S. The van der Waals surface area contributed by atoms with Crippen molar-refractivity contribution in [3.63, 3.8) is 0 Å². The molecule has 1 aromatic carbocycles. The van der Waals surface area contributed by atoms with Crippen LogP contribution < -0.4 is 14.8 Å². The van der Waals surface area contributed by atoms with Gasteiger partial charge in [0.1, 0.15) is 5.00 Å². The third-order valence-electron chi connectivity index (χ3n) is 3.22. The minimum absolute atomic E-state index is 0.275. The highest BCUT2D eigenvalue weighted by atomic mass is 32.1. The second-order valence-corrected chi connectivity index (χ2v) is 6.10. The molecule has 0 spiro atoms. The van der Waals surface area contributed by atoms with Crippen molar-refractivity contribution in [2.24, 2.45) is 0 Å². The van der Waals surface area contributed by atoms with Crippen molar-refractivity contribution in [2.45, 2.75) is 13.8 Å². The summed E-state index contributed by atoms with van der Waals surface area (Å²) in [5, 5.41) is 3.22. The molecule has 6 nitrogen and oxygen atoms in total. The lowest BCUT2D eigenvalue weighted by Gasteiger charge is -2.10. The number of benzene rings is 1. The van der Waals surface area contributed by atoms with Crippen LogP contribution in [0.2, 0.25) is 0 Å². The maximum Gasteiger partial charge on any atom is 0.341 e. The van der Waals surface area contributed by atoms with Gasteiger partial charge in [-0.15, -0.1) is 11.3 Å². The van der Waals surface area contributed by atoms with Crippen molar-refractivity contribution >= 4 is 28.2 Å². The van der Waals surface area contributed by atoms with Crippen LogP contribution in [0.25, 0.3) is 0 Å². The molecule has 24 heavy (non-hydrogen) atoms. The molecule has 2 rings (SSSR count). The molecule has 2 aromatic rings. The van der Waals surface area contributed by atoms with Crippen LogP contribution in [0.1, 0.15) is 32.5 Å². The molecule has 1 heterocycles. The Kier molecular flexibility index (Phi) is 5.81. The molecule has 0 fully saturated rings. The largest absolute Gasteiger partial charge is 0.493 e. The lowest BCUT2D eigenvalue weighted by Crippen LogP contribution is -2.14. The highest BCUT2D eigenvalue weighted by Gasteiger charge is 2.19. The monoisotopic (exact) mass is 349 g/mol. The van der Waals surface area contributed by atoms with E-state index in [0.717, 1.165) is 4.88 Å². The van der Waals surface area contributed by atoms with Gasteiger partial charge in [-0.05, 0) is 38.1 Å². The van der Waals surface area contributed by atoms with E-state index in [2.05, 4.69) is 5.32 Å². The summed E-state index contributed by atoms with van der Waals surface area (Å²) in [7, 11) is 3.03. The summed E-state index contributed by atoms with van der Waals surface area (Å²) >= 11 is 1.32. The molecular weight excluding hydrogens is 330 g/mol. The first-order valence-corrected chi connectivity index (χ1v) is 8.12. The molecule has 0 aliphatic rings. The number of aryl methyl sites for hydroxylation is 1. The first-order valence-electron chi connectivity index (χ1n) is 7.31. The number of nitrogens with one attached hydrogen (secondary N) is 1. The van der Waals surface area contributed by atoms with Gasteiger partial charge in [-0.1, -0.05) is 0 Å². The van der Waals surface area contributed by atoms with E-state index in [4.69, 9.17) is 14.2 Å². The number of carbonyl (C=O) groups is 2. The standard InChI is InChI=1S/C17H19NO5S/c1-5-23-17(20)12-8-10(2)24-16(12)18-15(19)11-6-7-13(21-3)14(9-11)22-4/h6-9H,5H2,1-4H3,(H,18,19). The number of hydrogen-bond acceptors (Lipinski definition) is 6. The summed E-state index contributed by atoms with van der Waals surface area (Å²) in [6.45, 7) is 3.87. The Morgan fingerprint density at radius 3 is 2.46 bits per heavy atom. The smallest absolute Gasteiger partial charge is 0.341 e. The summed E-state index contributed by atoms with van der Waals surface area (Å²) in [5.41, 5.74) is 0.752. The number of thiophene rings is 1. The van der Waals surface area contributed by atoms with Gasteiger partial charge in [-0.3, -0.25) is 4.79 Å². The number of carbonyl (C=O) groups excluding carboxylic acids is 2. The second kappa shape index (κ2) is 7.83. The molecule has 1 aromatic heterocycles. The molecule has 7 heteroatoms. The van der Waals surface area contributed by atoms with Crippen LogP contribution in [-0.2, 0) is 4.74 Å². The van der Waals surface area contributed by atoms with E-state index >= 15 is 0 Å². The van der Waals surface area contributed by atoms with Crippen molar-refractivity contribution in [1.29, 1.82) is 0 Å². The summed E-state index contributed by atoms with van der Waals surface area (Å²) in [5.74, 6) is 0.194. The number of ether oxygens (including phenoxy) is 3. The van der Waals surface area contributed by atoms with Gasteiger partial charge in [0, 0.05) is 10.4 Å². The topological polar surface area (TPSA) is 73.9 Å². The molecule has 0 unspecified atom stereocenters. The summed E-state index contributed by atoms with van der Waals surface area (Å²) in [6.07, 6.45) is 0. The third-order valence-corrected chi connectivity index (χ3v) is 4.19. The Labute approximate surface area is 144 Å². The normalized spacial score (nSPS) is 10.2. The van der Waals surface area contributed by atoms with Crippen LogP contribution >= 0.6 is 11.3 Å². The fraction of sp³-hybridized carbons (Fsp3) is 0.294. The Morgan fingerprint density at radius 2 is 1.83 bits per heavy atom. The molecule has 1 N–H and O–H groups in total. The summed E-state index contributed by atoms with van der Waals surface area (Å²) in [4.78, 5) is 25.4. The van der Waals surface area contributed by atoms with E-state index in [-0.39, 0.29) is 12.5 Å². The van der Waals surface area contributed by atoms with Gasteiger partial charge in [-0.2, -0.15) is 0 Å².